The number of ether oxygens (including phenoxy) is 1. The van der Waals surface area contributed by atoms with Crippen LogP contribution in [0.3, 0.4) is 0 Å². The van der Waals surface area contributed by atoms with Gasteiger partial charge in [-0.25, -0.2) is 4.39 Å². The number of hydrogen-bond acceptors (Lipinski definition) is 3. The van der Waals surface area contributed by atoms with Crippen LogP contribution in [-0.4, -0.2) is 42.6 Å². The van der Waals surface area contributed by atoms with Crippen LogP contribution in [0.2, 0.25) is 0 Å². The van der Waals surface area contributed by atoms with Gasteiger partial charge >= 0.3 is 12.1 Å². The summed E-state index contributed by atoms with van der Waals surface area (Å²) < 4.78 is 61.8. The van der Waals surface area contributed by atoms with Gasteiger partial charge in [-0.15, -0.1) is 0 Å². The number of benzene rings is 2. The lowest BCUT2D eigenvalue weighted by molar-refractivity contribution is -0.228. The van der Waals surface area contributed by atoms with E-state index in [4.69, 9.17) is 4.74 Å². The third-order valence-electron chi connectivity index (χ3n) is 11.2. The Morgan fingerprint density at radius 1 is 0.952 bits per heavy atom. The number of carbonyl (C=O) groups excluding carboxylic acids is 2. The van der Waals surface area contributed by atoms with Crippen molar-refractivity contribution >= 4 is 27.8 Å². The molecule has 42 heavy (non-hydrogen) atoms. The highest BCUT2D eigenvalue weighted by Crippen LogP contribution is 2.60. The predicted octanol–water partition coefficient (Wildman–Crippen LogP) is 7.74. The van der Waals surface area contributed by atoms with Crippen molar-refractivity contribution in [1.29, 1.82) is 0 Å². The van der Waals surface area contributed by atoms with E-state index in [0.29, 0.717) is 77.7 Å². The molecule has 3 atom stereocenters. The van der Waals surface area contributed by atoms with E-state index in [1.54, 1.807) is 6.07 Å². The summed E-state index contributed by atoms with van der Waals surface area (Å²) in [5, 5.41) is 0. The van der Waals surface area contributed by atoms with Crippen molar-refractivity contribution in [2.24, 2.45) is 10.8 Å². The van der Waals surface area contributed by atoms with Gasteiger partial charge in [-0.1, -0.05) is 46.3 Å². The zero-order chi connectivity index (χ0) is 30.1. The maximum absolute atomic E-state index is 15.0. The minimum absolute atomic E-state index is 0.116. The Kier molecular flexibility index (Phi) is 7.10. The standard InChI is InChI=1S/C33H36BrF4NO3/c1-29(35,33(36,37)38)23-6-9-25-22(19-23)5-10-26-32(25,20-21-3-7-24(34)8-4-21)17-18-39(26)27(40)30-11-14-31(15-12-30,16-13-30)28(41)42-2/h3-4,6-9,19,26H,5,10-18,20H2,1-2H3. The van der Waals surface area contributed by atoms with Gasteiger partial charge in [-0.3, -0.25) is 9.59 Å². The third kappa shape index (κ3) is 4.43. The van der Waals surface area contributed by atoms with Crippen LogP contribution in [0, 0.1) is 10.8 Å². The molecule has 4 fully saturated rings. The van der Waals surface area contributed by atoms with Gasteiger partial charge in [0.2, 0.25) is 11.6 Å². The maximum atomic E-state index is 15.0. The van der Waals surface area contributed by atoms with Crippen LogP contribution in [0.1, 0.15) is 80.5 Å². The molecule has 5 aliphatic rings. The van der Waals surface area contributed by atoms with Crippen LogP contribution in [0.25, 0.3) is 0 Å². The van der Waals surface area contributed by atoms with Gasteiger partial charge in [0.15, 0.2) is 0 Å². The number of rotatable bonds is 5. The minimum atomic E-state index is -5.02. The Balaban J connectivity index is 1.35. The molecular weight excluding hydrogens is 614 g/mol. The van der Waals surface area contributed by atoms with Crippen molar-refractivity contribution in [3.05, 3.63) is 69.2 Å². The molecule has 0 radical (unpaired) electrons. The van der Waals surface area contributed by atoms with Gasteiger partial charge in [-0.2, -0.15) is 13.2 Å². The SMILES string of the molecule is COC(=O)C12CCC(C(=O)N3CCC4(Cc5ccc(Br)cc5)c5ccc(C(C)(F)C(F)(F)F)cc5CCC34)(CC1)CC2. The number of likely N-dealkylation sites (tertiary alicyclic amines) is 1. The van der Waals surface area contributed by atoms with Crippen LogP contribution in [0.5, 0.6) is 0 Å². The summed E-state index contributed by atoms with van der Waals surface area (Å²) in [6.45, 7) is 1.14. The second-order valence-electron chi connectivity index (χ2n) is 13.2. The van der Waals surface area contributed by atoms with Crippen LogP contribution in [0.4, 0.5) is 17.6 Å². The Bertz CT molecular complexity index is 1380. The average molecular weight is 651 g/mol. The fourth-order valence-corrected chi connectivity index (χ4v) is 8.83. The van der Waals surface area contributed by atoms with Crippen molar-refractivity contribution in [2.75, 3.05) is 13.7 Å². The number of alkyl halides is 4. The first-order chi connectivity index (χ1) is 19.8. The number of nitrogens with zero attached hydrogens (tertiary/aromatic N) is 1. The number of halogens is 5. The number of fused-ring (bicyclic) bond motifs is 6. The number of esters is 1. The molecule has 1 heterocycles. The highest BCUT2D eigenvalue weighted by atomic mass is 79.9. The number of hydrogen-bond donors (Lipinski definition) is 0. The molecule has 2 bridgehead atoms. The van der Waals surface area contributed by atoms with Crippen LogP contribution >= 0.6 is 15.9 Å². The largest absolute Gasteiger partial charge is 0.469 e. The van der Waals surface area contributed by atoms with Crippen molar-refractivity contribution in [2.45, 2.75) is 94.4 Å². The fraction of sp³-hybridized carbons (Fsp3) is 0.576. The molecule has 3 saturated carbocycles. The topological polar surface area (TPSA) is 46.6 Å². The van der Waals surface area contributed by atoms with Crippen molar-refractivity contribution < 1.29 is 31.9 Å². The Morgan fingerprint density at radius 3 is 2.17 bits per heavy atom. The van der Waals surface area contributed by atoms with Crippen LogP contribution in [0.15, 0.2) is 46.9 Å². The normalized spacial score (nSPS) is 31.7. The van der Waals surface area contributed by atoms with E-state index >= 15 is 0 Å². The van der Waals surface area contributed by atoms with Crippen LogP contribution < -0.4 is 0 Å². The molecule has 0 spiro atoms. The monoisotopic (exact) mass is 649 g/mol. The third-order valence-corrected chi connectivity index (χ3v) is 11.8. The zero-order valence-electron chi connectivity index (χ0n) is 24.0. The first-order valence-electron chi connectivity index (χ1n) is 14.8. The maximum Gasteiger partial charge on any atom is 0.426 e. The van der Waals surface area contributed by atoms with E-state index in [1.807, 2.05) is 24.3 Å². The van der Waals surface area contributed by atoms with Gasteiger partial charge in [0.05, 0.1) is 12.5 Å². The molecule has 3 unspecified atom stereocenters. The summed E-state index contributed by atoms with van der Waals surface area (Å²) in [6.07, 6.45) is 1.33. The molecule has 0 aromatic heterocycles. The Hall–Kier alpha value is -2.42. The lowest BCUT2D eigenvalue weighted by Crippen LogP contribution is -2.57. The molecule has 4 nitrogen and oxygen atoms in total. The number of aryl methyl sites for hydroxylation is 1. The lowest BCUT2D eigenvalue weighted by atomic mass is 9.53. The Labute approximate surface area is 252 Å². The van der Waals surface area contributed by atoms with E-state index in [1.165, 1.54) is 19.2 Å². The van der Waals surface area contributed by atoms with E-state index in [0.717, 1.165) is 21.2 Å². The van der Waals surface area contributed by atoms with Gasteiger partial charge in [0.25, 0.3) is 0 Å². The molecular formula is C33H36BrF4NO3. The molecule has 9 heteroatoms. The van der Waals surface area contributed by atoms with Crippen molar-refractivity contribution in [3.63, 3.8) is 0 Å². The quantitative estimate of drug-likeness (QED) is 0.246. The van der Waals surface area contributed by atoms with E-state index in [9.17, 15) is 27.2 Å². The van der Waals surface area contributed by atoms with Gasteiger partial charge in [0.1, 0.15) is 0 Å². The van der Waals surface area contributed by atoms with Gasteiger partial charge in [-0.05, 0) is 106 Å². The smallest absolute Gasteiger partial charge is 0.426 e. The zero-order valence-corrected chi connectivity index (χ0v) is 25.5. The van der Waals surface area contributed by atoms with Gasteiger partial charge in [0, 0.05) is 27.9 Å². The number of methoxy groups -OCH3 is 1. The van der Waals surface area contributed by atoms with Crippen LogP contribution in [-0.2, 0) is 38.3 Å². The summed E-state index contributed by atoms with van der Waals surface area (Å²) in [7, 11) is 1.43. The molecule has 7 rings (SSSR count). The number of amides is 1. The highest BCUT2D eigenvalue weighted by Gasteiger charge is 2.61. The second-order valence-corrected chi connectivity index (χ2v) is 14.1. The first kappa shape index (κ1) is 29.6. The lowest BCUT2D eigenvalue weighted by Gasteiger charge is -2.53. The molecule has 226 valence electrons. The molecule has 2 aromatic rings. The summed E-state index contributed by atoms with van der Waals surface area (Å²) in [6, 6.07) is 12.3. The fourth-order valence-electron chi connectivity index (χ4n) is 8.57. The average Bonchev–Trinajstić information content (AvgIpc) is 3.36. The molecule has 2 aromatic carbocycles. The predicted molar refractivity (Wildman–Crippen MR) is 154 cm³/mol. The van der Waals surface area contributed by atoms with E-state index in [2.05, 4.69) is 20.8 Å². The highest BCUT2D eigenvalue weighted by molar-refractivity contribution is 9.10. The number of carbonyl (C=O) groups is 2. The molecule has 0 N–H and O–H groups in total. The molecule has 1 amide bonds. The van der Waals surface area contributed by atoms with Gasteiger partial charge < -0.3 is 9.64 Å². The Morgan fingerprint density at radius 2 is 1.57 bits per heavy atom. The molecule has 1 saturated heterocycles. The minimum Gasteiger partial charge on any atom is -0.469 e. The van der Waals surface area contributed by atoms with Crippen molar-refractivity contribution in [3.8, 4) is 0 Å². The summed E-state index contributed by atoms with van der Waals surface area (Å²) in [5.41, 5.74) is -2.54. The van der Waals surface area contributed by atoms with Crippen molar-refractivity contribution in [1.82, 2.24) is 4.90 Å². The molecule has 4 aliphatic carbocycles. The first-order valence-corrected chi connectivity index (χ1v) is 15.6. The van der Waals surface area contributed by atoms with E-state index in [-0.39, 0.29) is 23.5 Å². The summed E-state index contributed by atoms with van der Waals surface area (Å²) in [5.74, 6) is -0.0204. The second kappa shape index (κ2) is 10.1. The summed E-state index contributed by atoms with van der Waals surface area (Å²) in [4.78, 5) is 29.1. The van der Waals surface area contributed by atoms with E-state index < -0.39 is 28.1 Å². The molecule has 1 aliphatic heterocycles. The summed E-state index contributed by atoms with van der Waals surface area (Å²) >= 11 is 3.49.